The zero-order valence-corrected chi connectivity index (χ0v) is 9.48. The molecule has 1 aromatic rings. The molecule has 0 heterocycles. The highest BCUT2D eigenvalue weighted by Gasteiger charge is 1.93. The molecule has 1 aromatic carbocycles. The lowest BCUT2D eigenvalue weighted by Gasteiger charge is -1.96. The molecule has 0 amide bonds. The lowest BCUT2D eigenvalue weighted by molar-refractivity contribution is 1.01. The summed E-state index contributed by atoms with van der Waals surface area (Å²) in [4.78, 5) is 0. The van der Waals surface area contributed by atoms with Crippen molar-refractivity contribution < 1.29 is 0 Å². The number of hydrogen-bond acceptors (Lipinski definition) is 1. The minimum absolute atomic E-state index is 0.679. The van der Waals surface area contributed by atoms with Crippen molar-refractivity contribution in [1.82, 2.24) is 0 Å². The van der Waals surface area contributed by atoms with Crippen LogP contribution in [0.15, 0.2) is 28.7 Å². The van der Waals surface area contributed by atoms with Gasteiger partial charge in [0.15, 0.2) is 0 Å². The van der Waals surface area contributed by atoms with Crippen LogP contribution in [0.2, 0.25) is 5.02 Å². The number of halogens is 2. The average molecular weight is 261 g/mol. The molecule has 0 radical (unpaired) electrons. The summed E-state index contributed by atoms with van der Waals surface area (Å²) in [6, 6.07) is 5.79. The van der Waals surface area contributed by atoms with Gasteiger partial charge in [0.1, 0.15) is 0 Å². The first kappa shape index (κ1) is 10.8. The van der Waals surface area contributed by atoms with E-state index in [1.807, 2.05) is 30.4 Å². The van der Waals surface area contributed by atoms with Gasteiger partial charge in [-0.05, 0) is 36.7 Å². The van der Waals surface area contributed by atoms with Crippen molar-refractivity contribution in [2.45, 2.75) is 6.42 Å². The van der Waals surface area contributed by atoms with Gasteiger partial charge in [0, 0.05) is 9.50 Å². The molecule has 1 rings (SSSR count). The molecule has 0 saturated heterocycles. The fourth-order valence-electron chi connectivity index (χ4n) is 0.987. The fourth-order valence-corrected chi connectivity index (χ4v) is 1.87. The molecular formula is C10H11BrClN. The van der Waals surface area contributed by atoms with Gasteiger partial charge in [-0.25, -0.2) is 0 Å². The van der Waals surface area contributed by atoms with Crippen molar-refractivity contribution in [1.29, 1.82) is 0 Å². The van der Waals surface area contributed by atoms with Crippen molar-refractivity contribution in [2.75, 3.05) is 6.54 Å². The summed E-state index contributed by atoms with van der Waals surface area (Å²) in [6.45, 7) is 0.679. The number of rotatable bonds is 3. The molecule has 0 fully saturated rings. The Hall–Kier alpha value is -0.310. The first-order chi connectivity index (χ1) is 6.22. The summed E-state index contributed by atoms with van der Waals surface area (Å²) < 4.78 is 0.993. The Morgan fingerprint density at radius 1 is 1.38 bits per heavy atom. The van der Waals surface area contributed by atoms with E-state index in [4.69, 9.17) is 17.3 Å². The Morgan fingerprint density at radius 2 is 2.15 bits per heavy atom. The highest BCUT2D eigenvalue weighted by molar-refractivity contribution is 9.10. The molecule has 2 N–H and O–H groups in total. The van der Waals surface area contributed by atoms with Crippen molar-refractivity contribution in [3.8, 4) is 0 Å². The summed E-state index contributed by atoms with van der Waals surface area (Å²) in [6.07, 6.45) is 4.95. The second-order valence-electron chi connectivity index (χ2n) is 2.68. The van der Waals surface area contributed by atoms with E-state index in [1.165, 1.54) is 0 Å². The third-order valence-corrected chi connectivity index (χ3v) is 2.20. The molecule has 0 bridgehead atoms. The Kier molecular flexibility index (Phi) is 4.50. The van der Waals surface area contributed by atoms with E-state index < -0.39 is 0 Å². The largest absolute Gasteiger partial charge is 0.330 e. The zero-order valence-electron chi connectivity index (χ0n) is 7.13. The first-order valence-corrected chi connectivity index (χ1v) is 5.22. The van der Waals surface area contributed by atoms with E-state index in [0.717, 1.165) is 21.5 Å². The van der Waals surface area contributed by atoms with Crippen LogP contribution in [0.4, 0.5) is 0 Å². The maximum Gasteiger partial charge on any atom is 0.0423 e. The lowest BCUT2D eigenvalue weighted by Crippen LogP contribution is -1.94. The Morgan fingerprint density at radius 3 is 2.77 bits per heavy atom. The Balaban J connectivity index is 2.77. The van der Waals surface area contributed by atoms with Crippen LogP contribution < -0.4 is 5.73 Å². The molecule has 0 spiro atoms. The highest BCUT2D eigenvalue weighted by Crippen LogP contribution is 2.20. The van der Waals surface area contributed by atoms with Crippen molar-refractivity contribution in [3.63, 3.8) is 0 Å². The molecule has 0 aromatic heterocycles. The molecule has 0 aliphatic carbocycles. The maximum absolute atomic E-state index is 5.87. The van der Waals surface area contributed by atoms with Gasteiger partial charge >= 0.3 is 0 Å². The van der Waals surface area contributed by atoms with E-state index in [1.54, 1.807) is 0 Å². The van der Waals surface area contributed by atoms with Gasteiger partial charge in [-0.2, -0.15) is 0 Å². The monoisotopic (exact) mass is 259 g/mol. The predicted molar refractivity (Wildman–Crippen MR) is 61.9 cm³/mol. The summed E-state index contributed by atoms with van der Waals surface area (Å²) in [7, 11) is 0. The van der Waals surface area contributed by atoms with E-state index in [-0.39, 0.29) is 0 Å². The van der Waals surface area contributed by atoms with Gasteiger partial charge in [0.2, 0.25) is 0 Å². The van der Waals surface area contributed by atoms with Crippen molar-refractivity contribution in [2.24, 2.45) is 5.73 Å². The number of nitrogens with two attached hydrogens (primary N) is 1. The van der Waals surface area contributed by atoms with Crippen LogP contribution >= 0.6 is 27.5 Å². The van der Waals surface area contributed by atoms with Gasteiger partial charge < -0.3 is 5.73 Å². The first-order valence-electron chi connectivity index (χ1n) is 4.05. The summed E-state index contributed by atoms with van der Waals surface area (Å²) in [5.74, 6) is 0. The third kappa shape index (κ3) is 3.94. The molecule has 0 saturated carbocycles. The minimum atomic E-state index is 0.679. The second kappa shape index (κ2) is 5.43. The van der Waals surface area contributed by atoms with E-state index >= 15 is 0 Å². The van der Waals surface area contributed by atoms with Gasteiger partial charge in [0.25, 0.3) is 0 Å². The van der Waals surface area contributed by atoms with Gasteiger partial charge in [-0.3, -0.25) is 0 Å². The Bertz CT molecular complexity index is 290. The van der Waals surface area contributed by atoms with Crippen LogP contribution in [0.25, 0.3) is 6.08 Å². The van der Waals surface area contributed by atoms with Crippen LogP contribution in [0.5, 0.6) is 0 Å². The number of benzene rings is 1. The lowest BCUT2D eigenvalue weighted by atomic mass is 10.2. The molecule has 0 aliphatic heterocycles. The van der Waals surface area contributed by atoms with Crippen LogP contribution in [0.3, 0.4) is 0 Å². The maximum atomic E-state index is 5.87. The van der Waals surface area contributed by atoms with Gasteiger partial charge in [-0.15, -0.1) is 0 Å². The topological polar surface area (TPSA) is 26.0 Å². The summed E-state index contributed by atoms with van der Waals surface area (Å²) in [5.41, 5.74) is 6.46. The molecule has 13 heavy (non-hydrogen) atoms. The molecular weight excluding hydrogens is 249 g/mol. The fraction of sp³-hybridized carbons (Fsp3) is 0.200. The predicted octanol–water partition coefficient (Wildman–Crippen LogP) is 3.46. The summed E-state index contributed by atoms with van der Waals surface area (Å²) in [5, 5.41) is 0.738. The quantitative estimate of drug-likeness (QED) is 0.885. The smallest absolute Gasteiger partial charge is 0.0423 e. The molecule has 0 unspecified atom stereocenters. The summed E-state index contributed by atoms with van der Waals surface area (Å²) >= 11 is 9.25. The van der Waals surface area contributed by atoms with Gasteiger partial charge in [0.05, 0.1) is 0 Å². The van der Waals surface area contributed by atoms with E-state index in [0.29, 0.717) is 6.54 Å². The third-order valence-electron chi connectivity index (χ3n) is 1.53. The molecule has 1 nitrogen and oxygen atoms in total. The van der Waals surface area contributed by atoms with E-state index in [9.17, 15) is 0 Å². The van der Waals surface area contributed by atoms with Crippen molar-refractivity contribution in [3.05, 3.63) is 39.3 Å². The highest BCUT2D eigenvalue weighted by atomic mass is 79.9. The van der Waals surface area contributed by atoms with Gasteiger partial charge in [-0.1, -0.05) is 39.7 Å². The standard InChI is InChI=1S/C10H11BrClN/c11-9-5-8(3-1-2-4-13)6-10(12)7-9/h1,3,5-7H,2,4,13H2. The zero-order chi connectivity index (χ0) is 9.68. The second-order valence-corrected chi connectivity index (χ2v) is 4.03. The van der Waals surface area contributed by atoms with Crippen LogP contribution in [-0.2, 0) is 0 Å². The molecule has 0 aliphatic rings. The van der Waals surface area contributed by atoms with E-state index in [2.05, 4.69) is 15.9 Å². The van der Waals surface area contributed by atoms with Crippen LogP contribution in [0, 0.1) is 0 Å². The van der Waals surface area contributed by atoms with Crippen LogP contribution in [0.1, 0.15) is 12.0 Å². The molecule has 0 atom stereocenters. The molecule has 70 valence electrons. The Labute approximate surface area is 91.7 Å². The van der Waals surface area contributed by atoms with Crippen LogP contribution in [-0.4, -0.2) is 6.54 Å². The van der Waals surface area contributed by atoms with Crippen molar-refractivity contribution >= 4 is 33.6 Å². The number of hydrogen-bond donors (Lipinski definition) is 1. The average Bonchev–Trinajstić information content (AvgIpc) is 2.03. The SMILES string of the molecule is NCCC=Cc1cc(Cl)cc(Br)c1. The minimum Gasteiger partial charge on any atom is -0.330 e. The molecule has 3 heteroatoms. The normalized spacial score (nSPS) is 11.0.